The van der Waals surface area contributed by atoms with E-state index in [1.807, 2.05) is 0 Å². The van der Waals surface area contributed by atoms with Gasteiger partial charge in [-0.05, 0) is 102 Å². The van der Waals surface area contributed by atoms with E-state index >= 15 is 0 Å². The Kier molecular flexibility index (Phi) is 5.44. The minimum atomic E-state index is 0.269. The Labute approximate surface area is 142 Å². The number of halogens is 1. The van der Waals surface area contributed by atoms with Crippen molar-refractivity contribution < 1.29 is 0 Å². The number of nitrogens with one attached hydrogen (secondary N) is 1. The number of benzene rings is 2. The summed E-state index contributed by atoms with van der Waals surface area (Å²) >= 11 is 2.36. The van der Waals surface area contributed by atoms with Crippen molar-refractivity contribution in [3.8, 4) is 0 Å². The molecule has 21 heavy (non-hydrogen) atoms. The highest BCUT2D eigenvalue weighted by atomic mass is 127. The predicted octanol–water partition coefficient (Wildman–Crippen LogP) is 5.22. The number of aryl methyl sites for hydroxylation is 2. The fourth-order valence-electron chi connectivity index (χ4n) is 2.93. The van der Waals surface area contributed by atoms with Gasteiger partial charge >= 0.3 is 0 Å². The van der Waals surface area contributed by atoms with E-state index in [-0.39, 0.29) is 6.04 Å². The summed E-state index contributed by atoms with van der Waals surface area (Å²) in [5.41, 5.74) is 8.34. The van der Waals surface area contributed by atoms with Crippen LogP contribution < -0.4 is 5.32 Å². The fourth-order valence-corrected chi connectivity index (χ4v) is 3.29. The Balaban J connectivity index is 2.60. The molecule has 0 heterocycles. The van der Waals surface area contributed by atoms with Gasteiger partial charge in [0, 0.05) is 3.57 Å². The van der Waals surface area contributed by atoms with Gasteiger partial charge in [0.2, 0.25) is 0 Å². The molecule has 0 aromatic heterocycles. The molecule has 0 fully saturated rings. The maximum atomic E-state index is 3.67. The van der Waals surface area contributed by atoms with Crippen molar-refractivity contribution in [3.63, 3.8) is 0 Å². The molecule has 2 aromatic carbocycles. The van der Waals surface area contributed by atoms with E-state index in [2.05, 4.69) is 92.9 Å². The number of hydrogen-bond donors (Lipinski definition) is 1. The van der Waals surface area contributed by atoms with Crippen LogP contribution in [0, 0.1) is 31.3 Å². The van der Waals surface area contributed by atoms with E-state index in [0.717, 1.165) is 6.54 Å². The molecule has 2 rings (SSSR count). The van der Waals surface area contributed by atoms with Crippen LogP contribution in [0.1, 0.15) is 46.3 Å². The lowest BCUT2D eigenvalue weighted by molar-refractivity contribution is 0.623. The molecule has 0 radical (unpaired) electrons. The van der Waals surface area contributed by atoms with Crippen molar-refractivity contribution in [2.45, 2.75) is 40.7 Å². The first kappa shape index (κ1) is 16.5. The standard InChI is InChI=1S/C19H24IN/c1-6-21-19(16-7-9-17(20)10-8-16)18-14(4)12(2)11-13(3)15(18)5/h7-11,19,21H,6H2,1-5H3. The minimum absolute atomic E-state index is 0.269. The van der Waals surface area contributed by atoms with Crippen molar-refractivity contribution in [3.05, 3.63) is 67.3 Å². The fraction of sp³-hybridized carbons (Fsp3) is 0.368. The molecule has 0 aliphatic carbocycles. The topological polar surface area (TPSA) is 12.0 Å². The minimum Gasteiger partial charge on any atom is -0.307 e. The summed E-state index contributed by atoms with van der Waals surface area (Å²) in [6, 6.07) is 11.4. The second kappa shape index (κ2) is 6.93. The van der Waals surface area contributed by atoms with Crippen LogP contribution in [0.25, 0.3) is 0 Å². The molecular weight excluding hydrogens is 369 g/mol. The van der Waals surface area contributed by atoms with Crippen LogP contribution in [0.3, 0.4) is 0 Å². The van der Waals surface area contributed by atoms with E-state index in [1.165, 1.54) is 37.0 Å². The molecule has 0 spiro atoms. The van der Waals surface area contributed by atoms with Crippen LogP contribution in [0.2, 0.25) is 0 Å². The molecule has 2 aromatic rings. The zero-order valence-electron chi connectivity index (χ0n) is 13.5. The molecule has 112 valence electrons. The molecule has 1 unspecified atom stereocenters. The zero-order valence-corrected chi connectivity index (χ0v) is 15.7. The third-order valence-electron chi connectivity index (χ3n) is 4.32. The highest BCUT2D eigenvalue weighted by Crippen LogP contribution is 2.31. The molecular formula is C19H24IN. The van der Waals surface area contributed by atoms with E-state index in [9.17, 15) is 0 Å². The van der Waals surface area contributed by atoms with Crippen molar-refractivity contribution in [1.82, 2.24) is 5.32 Å². The molecule has 1 N–H and O–H groups in total. The third kappa shape index (κ3) is 3.49. The molecule has 0 amide bonds. The molecule has 0 aliphatic heterocycles. The molecule has 2 heteroatoms. The van der Waals surface area contributed by atoms with Gasteiger partial charge in [-0.3, -0.25) is 0 Å². The largest absolute Gasteiger partial charge is 0.307 e. The van der Waals surface area contributed by atoms with Crippen molar-refractivity contribution in [2.75, 3.05) is 6.54 Å². The highest BCUT2D eigenvalue weighted by molar-refractivity contribution is 14.1. The van der Waals surface area contributed by atoms with Gasteiger partial charge in [-0.25, -0.2) is 0 Å². The van der Waals surface area contributed by atoms with Gasteiger partial charge in [-0.1, -0.05) is 25.1 Å². The van der Waals surface area contributed by atoms with Crippen LogP contribution in [0.15, 0.2) is 30.3 Å². The quantitative estimate of drug-likeness (QED) is 0.702. The Morgan fingerprint density at radius 2 is 1.48 bits per heavy atom. The first-order valence-electron chi connectivity index (χ1n) is 7.51. The van der Waals surface area contributed by atoms with Crippen LogP contribution in [0.4, 0.5) is 0 Å². The van der Waals surface area contributed by atoms with Crippen molar-refractivity contribution in [2.24, 2.45) is 0 Å². The smallest absolute Gasteiger partial charge is 0.0582 e. The summed E-state index contributed by atoms with van der Waals surface area (Å²) in [4.78, 5) is 0. The van der Waals surface area contributed by atoms with Crippen molar-refractivity contribution in [1.29, 1.82) is 0 Å². The summed E-state index contributed by atoms with van der Waals surface area (Å²) in [6.07, 6.45) is 0. The second-order valence-electron chi connectivity index (χ2n) is 5.72. The van der Waals surface area contributed by atoms with Gasteiger partial charge in [0.15, 0.2) is 0 Å². The van der Waals surface area contributed by atoms with Gasteiger partial charge < -0.3 is 5.32 Å². The van der Waals surface area contributed by atoms with Gasteiger partial charge in [0.05, 0.1) is 6.04 Å². The summed E-state index contributed by atoms with van der Waals surface area (Å²) in [5.74, 6) is 0. The van der Waals surface area contributed by atoms with Gasteiger partial charge in [-0.2, -0.15) is 0 Å². The SMILES string of the molecule is CCNC(c1ccc(I)cc1)c1c(C)c(C)cc(C)c1C. The van der Waals surface area contributed by atoms with Crippen molar-refractivity contribution >= 4 is 22.6 Å². The average Bonchev–Trinajstić information content (AvgIpc) is 2.45. The Morgan fingerprint density at radius 3 is 1.95 bits per heavy atom. The lowest BCUT2D eigenvalue weighted by Gasteiger charge is -2.25. The molecule has 0 bridgehead atoms. The van der Waals surface area contributed by atoms with Crippen LogP contribution in [-0.4, -0.2) is 6.54 Å². The highest BCUT2D eigenvalue weighted by Gasteiger charge is 2.19. The summed E-state index contributed by atoms with van der Waals surface area (Å²) < 4.78 is 1.28. The number of rotatable bonds is 4. The van der Waals surface area contributed by atoms with Crippen LogP contribution in [0.5, 0.6) is 0 Å². The predicted molar refractivity (Wildman–Crippen MR) is 100 cm³/mol. The monoisotopic (exact) mass is 393 g/mol. The van der Waals surface area contributed by atoms with E-state index in [0.29, 0.717) is 0 Å². The number of hydrogen-bond acceptors (Lipinski definition) is 1. The molecule has 0 saturated carbocycles. The van der Waals surface area contributed by atoms with Gasteiger partial charge in [0.25, 0.3) is 0 Å². The van der Waals surface area contributed by atoms with E-state index < -0.39 is 0 Å². The van der Waals surface area contributed by atoms with E-state index in [1.54, 1.807) is 0 Å². The second-order valence-corrected chi connectivity index (χ2v) is 6.96. The molecule has 1 nitrogen and oxygen atoms in total. The maximum Gasteiger partial charge on any atom is 0.0582 e. The molecule has 0 aliphatic rings. The Bertz CT molecular complexity index is 603. The summed E-state index contributed by atoms with van der Waals surface area (Å²) in [6.45, 7) is 12.0. The Morgan fingerprint density at radius 1 is 0.952 bits per heavy atom. The van der Waals surface area contributed by atoms with Crippen LogP contribution in [-0.2, 0) is 0 Å². The summed E-state index contributed by atoms with van der Waals surface area (Å²) in [5, 5.41) is 3.67. The normalized spacial score (nSPS) is 12.5. The lowest BCUT2D eigenvalue weighted by Crippen LogP contribution is -2.24. The maximum absolute atomic E-state index is 3.67. The van der Waals surface area contributed by atoms with Gasteiger partial charge in [-0.15, -0.1) is 0 Å². The van der Waals surface area contributed by atoms with Crippen LogP contribution >= 0.6 is 22.6 Å². The molecule has 1 atom stereocenters. The molecule has 0 saturated heterocycles. The van der Waals surface area contributed by atoms with E-state index in [4.69, 9.17) is 0 Å². The third-order valence-corrected chi connectivity index (χ3v) is 5.04. The summed E-state index contributed by atoms with van der Waals surface area (Å²) in [7, 11) is 0. The first-order valence-corrected chi connectivity index (χ1v) is 8.59. The lowest BCUT2D eigenvalue weighted by atomic mass is 9.87. The average molecular weight is 393 g/mol. The van der Waals surface area contributed by atoms with Gasteiger partial charge in [0.1, 0.15) is 0 Å². The zero-order chi connectivity index (χ0) is 15.6. The Hall–Kier alpha value is -0.870. The first-order chi connectivity index (χ1) is 9.95.